The van der Waals surface area contributed by atoms with Gasteiger partial charge in [0.25, 0.3) is 0 Å². The zero-order valence-corrected chi connectivity index (χ0v) is 20.5. The Labute approximate surface area is 201 Å². The number of ketones is 3. The minimum atomic E-state index is -1.23. The highest BCUT2D eigenvalue weighted by atomic mass is 16.5. The second-order valence-corrected chi connectivity index (χ2v) is 8.59. The Bertz CT molecular complexity index is 1040. The van der Waals surface area contributed by atoms with Gasteiger partial charge in [-0.25, -0.2) is 0 Å². The van der Waals surface area contributed by atoms with E-state index in [9.17, 15) is 14.4 Å². The molecule has 1 unspecified atom stereocenters. The van der Waals surface area contributed by atoms with E-state index in [1.165, 1.54) is 0 Å². The third-order valence-electron chi connectivity index (χ3n) is 5.90. The van der Waals surface area contributed by atoms with Crippen LogP contribution in [0.5, 0.6) is 0 Å². The SMILES string of the molecule is CCOCc1cc(C#Cc2ccc(C(=O)C(C)C[C@@](C)(C(=O)CC)C(=O)CCCO)cc2)co1. The van der Waals surface area contributed by atoms with Crippen LogP contribution in [0.15, 0.2) is 41.0 Å². The van der Waals surface area contributed by atoms with E-state index in [0.29, 0.717) is 31.0 Å². The fraction of sp³-hybridized carbons (Fsp3) is 0.464. The number of carbonyl (C=O) groups excluding carboxylic acids is 3. The molecule has 2 atom stereocenters. The molecular weight excluding hydrogens is 432 g/mol. The maximum Gasteiger partial charge on any atom is 0.165 e. The fourth-order valence-electron chi connectivity index (χ4n) is 3.87. The topological polar surface area (TPSA) is 93.8 Å². The van der Waals surface area contributed by atoms with Crippen LogP contribution in [-0.4, -0.2) is 35.7 Å². The molecule has 0 spiro atoms. The number of benzene rings is 1. The number of hydrogen-bond donors (Lipinski definition) is 1. The third kappa shape index (κ3) is 7.24. The average molecular weight is 467 g/mol. The third-order valence-corrected chi connectivity index (χ3v) is 5.90. The number of aliphatic hydroxyl groups is 1. The van der Waals surface area contributed by atoms with E-state index in [1.807, 2.05) is 13.0 Å². The standard InChI is InChI=1S/C28H34O6/c1-5-25(30)28(4,26(31)8-7-15-29)17-20(3)27(32)23-13-11-21(12-14-23)9-10-22-16-24(34-18-22)19-33-6-2/h11-14,16,18,20,29H,5-8,15,17,19H2,1-4H3/t20?,28-/m0/s1. The van der Waals surface area contributed by atoms with Crippen LogP contribution in [0.4, 0.5) is 0 Å². The summed E-state index contributed by atoms with van der Waals surface area (Å²) in [5.74, 6) is 5.76. The summed E-state index contributed by atoms with van der Waals surface area (Å²) in [5.41, 5.74) is 0.779. The normalized spacial score (nSPS) is 13.4. The van der Waals surface area contributed by atoms with E-state index < -0.39 is 11.3 Å². The molecule has 182 valence electrons. The fourth-order valence-corrected chi connectivity index (χ4v) is 3.87. The van der Waals surface area contributed by atoms with Gasteiger partial charge in [-0.2, -0.15) is 0 Å². The molecule has 0 saturated carbocycles. The van der Waals surface area contributed by atoms with E-state index in [-0.39, 0.29) is 43.2 Å². The van der Waals surface area contributed by atoms with Gasteiger partial charge in [0.2, 0.25) is 0 Å². The first-order valence-corrected chi connectivity index (χ1v) is 11.7. The molecule has 1 N–H and O–H groups in total. The van der Waals surface area contributed by atoms with Gasteiger partial charge in [0, 0.05) is 43.1 Å². The lowest BCUT2D eigenvalue weighted by Crippen LogP contribution is -2.39. The first kappa shape index (κ1) is 27.2. The highest BCUT2D eigenvalue weighted by Crippen LogP contribution is 2.33. The minimum Gasteiger partial charge on any atom is -0.466 e. The monoisotopic (exact) mass is 466 g/mol. The lowest BCUT2D eigenvalue weighted by Gasteiger charge is -2.29. The van der Waals surface area contributed by atoms with E-state index >= 15 is 0 Å². The number of rotatable bonds is 13. The van der Waals surface area contributed by atoms with Gasteiger partial charge in [0.15, 0.2) is 5.78 Å². The number of ether oxygens (including phenoxy) is 1. The molecule has 0 aliphatic heterocycles. The number of carbonyl (C=O) groups is 3. The first-order chi connectivity index (χ1) is 16.2. The lowest BCUT2D eigenvalue weighted by atomic mass is 9.71. The van der Waals surface area contributed by atoms with Gasteiger partial charge in [-0.15, -0.1) is 0 Å². The van der Waals surface area contributed by atoms with Gasteiger partial charge < -0.3 is 14.3 Å². The summed E-state index contributed by atoms with van der Waals surface area (Å²) in [6, 6.07) is 8.81. The number of Topliss-reactive ketones (excluding diaryl/α,β-unsaturated/α-hetero) is 3. The minimum absolute atomic E-state index is 0.110. The number of hydrogen-bond acceptors (Lipinski definition) is 6. The summed E-state index contributed by atoms with van der Waals surface area (Å²) in [5, 5.41) is 9.04. The van der Waals surface area contributed by atoms with Gasteiger partial charge in [0.1, 0.15) is 30.2 Å². The molecule has 0 saturated heterocycles. The van der Waals surface area contributed by atoms with Gasteiger partial charge >= 0.3 is 0 Å². The Balaban J connectivity index is 2.08. The predicted octanol–water partition coefficient (Wildman–Crippen LogP) is 4.75. The summed E-state index contributed by atoms with van der Waals surface area (Å²) >= 11 is 0. The highest BCUT2D eigenvalue weighted by Gasteiger charge is 2.41. The number of aliphatic hydroxyl groups excluding tert-OH is 1. The second-order valence-electron chi connectivity index (χ2n) is 8.59. The van der Waals surface area contributed by atoms with E-state index in [4.69, 9.17) is 14.3 Å². The summed E-state index contributed by atoms with van der Waals surface area (Å²) < 4.78 is 10.7. The van der Waals surface area contributed by atoms with Crippen molar-refractivity contribution >= 4 is 17.3 Å². The van der Waals surface area contributed by atoms with Crippen molar-refractivity contribution in [2.45, 2.75) is 60.0 Å². The Kier molecular flexibility index (Phi) is 10.4. The molecule has 6 nitrogen and oxygen atoms in total. The van der Waals surface area contributed by atoms with Crippen LogP contribution < -0.4 is 0 Å². The van der Waals surface area contributed by atoms with Crippen LogP contribution in [0.3, 0.4) is 0 Å². The zero-order valence-electron chi connectivity index (χ0n) is 20.5. The zero-order chi connectivity index (χ0) is 25.1. The molecule has 1 aromatic carbocycles. The lowest BCUT2D eigenvalue weighted by molar-refractivity contribution is -0.140. The molecule has 0 radical (unpaired) electrons. The smallest absolute Gasteiger partial charge is 0.165 e. The van der Waals surface area contributed by atoms with Crippen LogP contribution in [0.2, 0.25) is 0 Å². The van der Waals surface area contributed by atoms with Crippen molar-refractivity contribution in [2.75, 3.05) is 13.2 Å². The van der Waals surface area contributed by atoms with Crippen molar-refractivity contribution < 1.29 is 28.6 Å². The Morgan fingerprint density at radius 1 is 1.09 bits per heavy atom. The van der Waals surface area contributed by atoms with E-state index in [2.05, 4.69) is 11.8 Å². The second kappa shape index (κ2) is 13.0. The van der Waals surface area contributed by atoms with Crippen LogP contribution >= 0.6 is 0 Å². The number of furan rings is 1. The largest absolute Gasteiger partial charge is 0.466 e. The van der Waals surface area contributed by atoms with Crippen LogP contribution in [-0.2, 0) is 20.9 Å². The van der Waals surface area contributed by atoms with Gasteiger partial charge in [-0.3, -0.25) is 14.4 Å². The van der Waals surface area contributed by atoms with Crippen molar-refractivity contribution in [1.82, 2.24) is 0 Å². The van der Waals surface area contributed by atoms with Gasteiger partial charge in [-0.05, 0) is 44.9 Å². The molecule has 0 aliphatic carbocycles. The maximum atomic E-state index is 13.0. The quantitative estimate of drug-likeness (QED) is 0.260. The summed E-state index contributed by atoms with van der Waals surface area (Å²) in [7, 11) is 0. The van der Waals surface area contributed by atoms with E-state index in [1.54, 1.807) is 51.3 Å². The molecule has 0 amide bonds. The van der Waals surface area contributed by atoms with Crippen molar-refractivity contribution in [1.29, 1.82) is 0 Å². The summed E-state index contributed by atoms with van der Waals surface area (Å²) in [6.07, 6.45) is 2.38. The van der Waals surface area contributed by atoms with Crippen molar-refractivity contribution in [3.63, 3.8) is 0 Å². The Morgan fingerprint density at radius 2 is 1.76 bits per heavy atom. The van der Waals surface area contributed by atoms with Gasteiger partial charge in [0.05, 0.1) is 11.0 Å². The van der Waals surface area contributed by atoms with Crippen LogP contribution in [0.1, 0.15) is 80.6 Å². The molecule has 2 aromatic rings. The molecule has 0 bridgehead atoms. The molecule has 1 aromatic heterocycles. The van der Waals surface area contributed by atoms with Crippen LogP contribution in [0.25, 0.3) is 0 Å². The summed E-state index contributed by atoms with van der Waals surface area (Å²) in [6.45, 7) is 7.91. The van der Waals surface area contributed by atoms with Crippen molar-refractivity contribution in [2.24, 2.45) is 11.3 Å². The molecule has 1 heterocycles. The van der Waals surface area contributed by atoms with Crippen molar-refractivity contribution in [3.8, 4) is 11.8 Å². The molecule has 0 aliphatic rings. The predicted molar refractivity (Wildman–Crippen MR) is 129 cm³/mol. The summed E-state index contributed by atoms with van der Waals surface area (Å²) in [4.78, 5) is 38.4. The maximum absolute atomic E-state index is 13.0. The van der Waals surface area contributed by atoms with Gasteiger partial charge in [-0.1, -0.05) is 37.8 Å². The molecule has 6 heteroatoms. The molecule has 2 rings (SSSR count). The van der Waals surface area contributed by atoms with Crippen molar-refractivity contribution in [3.05, 3.63) is 59.0 Å². The average Bonchev–Trinajstić information content (AvgIpc) is 3.31. The highest BCUT2D eigenvalue weighted by molar-refractivity contribution is 6.07. The molecule has 0 fully saturated rings. The Hall–Kier alpha value is -3.01. The molecule has 34 heavy (non-hydrogen) atoms. The first-order valence-electron chi connectivity index (χ1n) is 11.7. The van der Waals surface area contributed by atoms with E-state index in [0.717, 1.165) is 11.1 Å². The molecular formula is C28H34O6. The van der Waals surface area contributed by atoms with Crippen LogP contribution in [0, 0.1) is 23.2 Å². The Morgan fingerprint density at radius 3 is 2.38 bits per heavy atom.